The van der Waals surface area contributed by atoms with Gasteiger partial charge >= 0.3 is 0 Å². The summed E-state index contributed by atoms with van der Waals surface area (Å²) in [5.41, 5.74) is 3.38. The Morgan fingerprint density at radius 3 is 2.68 bits per heavy atom. The number of thioether (sulfide) groups is 1. The first-order valence-electron chi connectivity index (χ1n) is 12.0. The van der Waals surface area contributed by atoms with Crippen LogP contribution in [0.25, 0.3) is 17.5 Å². The van der Waals surface area contributed by atoms with E-state index in [9.17, 15) is 10.1 Å². The first-order valence-corrected chi connectivity index (χ1v) is 13.2. The van der Waals surface area contributed by atoms with Crippen LogP contribution in [0.2, 0.25) is 0 Å². The molecule has 0 atom stereocenters. The van der Waals surface area contributed by atoms with Gasteiger partial charge in [0.1, 0.15) is 5.82 Å². The average molecular weight is 515 g/mol. The van der Waals surface area contributed by atoms with Crippen LogP contribution in [-0.2, 0) is 10.2 Å². The van der Waals surface area contributed by atoms with Gasteiger partial charge in [0.15, 0.2) is 5.82 Å². The number of nitrogens with one attached hydrogen (secondary N) is 1. The van der Waals surface area contributed by atoms with Gasteiger partial charge in [0.25, 0.3) is 5.91 Å². The lowest BCUT2D eigenvalue weighted by Gasteiger charge is -2.30. The molecule has 1 N–H and O–H groups in total. The third-order valence-electron chi connectivity index (χ3n) is 6.26. The number of pyridine rings is 1. The number of nitriles is 1. The number of morpholine rings is 1. The highest BCUT2D eigenvalue weighted by Crippen LogP contribution is 2.34. The normalized spacial score (nSPS) is 13.6. The second kappa shape index (κ2) is 11.1. The van der Waals surface area contributed by atoms with Gasteiger partial charge in [0.2, 0.25) is 0 Å². The molecule has 1 fully saturated rings. The first kappa shape index (κ1) is 26.3. The molecule has 1 aromatic carbocycles. The maximum atomic E-state index is 13.1. The van der Waals surface area contributed by atoms with E-state index in [0.717, 1.165) is 40.6 Å². The molecule has 0 saturated carbocycles. The molecule has 1 aliphatic rings. The molecular weight excluding hydrogens is 484 g/mol. The van der Waals surface area contributed by atoms with Gasteiger partial charge < -0.3 is 15.0 Å². The lowest BCUT2D eigenvalue weighted by molar-refractivity contribution is 0.102. The number of ether oxygens (including phenoxy) is 1. The van der Waals surface area contributed by atoms with Crippen molar-refractivity contribution in [2.75, 3.05) is 42.8 Å². The number of aryl methyl sites for hydroxylation is 1. The molecule has 3 aromatic rings. The van der Waals surface area contributed by atoms with Gasteiger partial charge in [0, 0.05) is 36.1 Å². The fraction of sp³-hybridized carbons (Fsp3) is 0.321. The molecule has 37 heavy (non-hydrogen) atoms. The van der Waals surface area contributed by atoms with E-state index in [1.165, 1.54) is 0 Å². The Balaban J connectivity index is 1.69. The molecule has 8 nitrogen and oxygen atoms in total. The zero-order valence-electron chi connectivity index (χ0n) is 21.5. The minimum atomic E-state index is -0.797. The Labute approximate surface area is 221 Å². The minimum Gasteiger partial charge on any atom is -0.378 e. The summed E-state index contributed by atoms with van der Waals surface area (Å²) in [6.07, 6.45) is 5.32. The summed E-state index contributed by atoms with van der Waals surface area (Å²) in [5.74, 6) is 1.16. The molecule has 0 unspecified atom stereocenters. The molecule has 0 radical (unpaired) electrons. The Bertz CT molecular complexity index is 1380. The summed E-state index contributed by atoms with van der Waals surface area (Å²) in [4.78, 5) is 30.3. The van der Waals surface area contributed by atoms with Gasteiger partial charge in [-0.1, -0.05) is 12.6 Å². The van der Waals surface area contributed by atoms with Gasteiger partial charge in [0.05, 0.1) is 41.0 Å². The molecule has 1 amide bonds. The van der Waals surface area contributed by atoms with E-state index >= 15 is 0 Å². The van der Waals surface area contributed by atoms with Crippen LogP contribution in [0.15, 0.2) is 48.0 Å². The Morgan fingerprint density at radius 2 is 2.00 bits per heavy atom. The third kappa shape index (κ3) is 5.66. The quantitative estimate of drug-likeness (QED) is 0.434. The zero-order valence-corrected chi connectivity index (χ0v) is 22.4. The predicted molar refractivity (Wildman–Crippen MR) is 148 cm³/mol. The van der Waals surface area contributed by atoms with E-state index in [-0.39, 0.29) is 5.91 Å². The molecule has 0 bridgehead atoms. The number of hydrogen-bond donors (Lipinski definition) is 1. The van der Waals surface area contributed by atoms with Gasteiger partial charge in [-0.15, -0.1) is 11.8 Å². The fourth-order valence-corrected chi connectivity index (χ4v) is 4.71. The van der Waals surface area contributed by atoms with Crippen molar-refractivity contribution in [3.63, 3.8) is 0 Å². The van der Waals surface area contributed by atoms with Crippen LogP contribution in [0.3, 0.4) is 0 Å². The second-order valence-corrected chi connectivity index (χ2v) is 10.1. The standard InChI is InChI=1S/C28H30N6O2S/c1-6-22-24(37-5)26(34-11-13-36-14-12-34)33-25(32-22)21-16-20(8-7-18(21)2)31-27(35)19-9-10-30-23(15-19)28(3,4)17-29/h6-10,15-16H,1,11-14H2,2-5H3,(H,31,35). The summed E-state index contributed by atoms with van der Waals surface area (Å²) in [7, 11) is 0. The second-order valence-electron chi connectivity index (χ2n) is 9.24. The maximum Gasteiger partial charge on any atom is 0.255 e. The lowest BCUT2D eigenvalue weighted by Crippen LogP contribution is -2.37. The van der Waals surface area contributed by atoms with Crippen LogP contribution in [-0.4, -0.2) is 53.4 Å². The smallest absolute Gasteiger partial charge is 0.255 e. The van der Waals surface area contributed by atoms with Crippen LogP contribution in [0.5, 0.6) is 0 Å². The van der Waals surface area contributed by atoms with Crippen molar-refractivity contribution in [1.29, 1.82) is 5.26 Å². The minimum absolute atomic E-state index is 0.286. The molecule has 1 aliphatic heterocycles. The van der Waals surface area contributed by atoms with Gasteiger partial charge in [-0.05, 0) is 62.9 Å². The highest BCUT2D eigenvalue weighted by Gasteiger charge is 2.24. The number of hydrogen-bond acceptors (Lipinski definition) is 8. The number of carbonyl (C=O) groups is 1. The Kier molecular flexibility index (Phi) is 7.91. The fourth-order valence-electron chi connectivity index (χ4n) is 4.01. The van der Waals surface area contributed by atoms with Crippen LogP contribution in [0.1, 0.15) is 41.2 Å². The highest BCUT2D eigenvalue weighted by molar-refractivity contribution is 7.98. The molecule has 1 saturated heterocycles. The van der Waals surface area contributed by atoms with Crippen LogP contribution < -0.4 is 10.2 Å². The predicted octanol–water partition coefficient (Wildman–Crippen LogP) is 5.10. The van der Waals surface area contributed by atoms with Crippen molar-refractivity contribution in [2.45, 2.75) is 31.1 Å². The summed E-state index contributed by atoms with van der Waals surface area (Å²) in [6, 6.07) is 11.2. The number of amides is 1. The molecule has 2 aromatic heterocycles. The summed E-state index contributed by atoms with van der Waals surface area (Å²) in [6.45, 7) is 12.3. The van der Waals surface area contributed by atoms with Crippen molar-refractivity contribution < 1.29 is 9.53 Å². The van der Waals surface area contributed by atoms with Gasteiger partial charge in [-0.2, -0.15) is 5.26 Å². The highest BCUT2D eigenvalue weighted by atomic mass is 32.2. The van der Waals surface area contributed by atoms with Crippen molar-refractivity contribution in [1.82, 2.24) is 15.0 Å². The Morgan fingerprint density at radius 1 is 1.24 bits per heavy atom. The molecule has 3 heterocycles. The SMILES string of the molecule is C=Cc1nc(-c2cc(NC(=O)c3ccnc(C(C)(C)C#N)c3)ccc2C)nc(N2CCOCC2)c1SC. The van der Waals surface area contributed by atoms with Gasteiger partial charge in [-0.25, -0.2) is 9.97 Å². The van der Waals surface area contributed by atoms with E-state index in [0.29, 0.717) is 36.0 Å². The summed E-state index contributed by atoms with van der Waals surface area (Å²) in [5, 5.41) is 12.4. The summed E-state index contributed by atoms with van der Waals surface area (Å²) < 4.78 is 5.53. The van der Waals surface area contributed by atoms with Crippen LogP contribution in [0.4, 0.5) is 11.5 Å². The van der Waals surface area contributed by atoms with E-state index in [1.54, 1.807) is 50.0 Å². The largest absolute Gasteiger partial charge is 0.378 e. The van der Waals surface area contributed by atoms with Crippen molar-refractivity contribution in [3.8, 4) is 17.5 Å². The van der Waals surface area contributed by atoms with Crippen LogP contribution in [0, 0.1) is 18.3 Å². The topological polar surface area (TPSA) is 104 Å². The molecular formula is C28H30N6O2S. The number of carbonyl (C=O) groups excluding carboxylic acids is 1. The van der Waals surface area contributed by atoms with Gasteiger partial charge in [-0.3, -0.25) is 9.78 Å². The molecule has 4 rings (SSSR count). The third-order valence-corrected chi connectivity index (χ3v) is 7.06. The van der Waals surface area contributed by atoms with Crippen molar-refractivity contribution in [2.24, 2.45) is 0 Å². The van der Waals surface area contributed by atoms with E-state index in [1.807, 2.05) is 31.4 Å². The lowest BCUT2D eigenvalue weighted by atomic mass is 9.90. The Hall–Kier alpha value is -3.74. The first-order chi connectivity index (χ1) is 17.8. The van der Waals surface area contributed by atoms with Crippen molar-refractivity contribution in [3.05, 3.63) is 65.6 Å². The molecule has 9 heteroatoms. The number of rotatable bonds is 7. The number of benzene rings is 1. The van der Waals surface area contributed by atoms with E-state index in [4.69, 9.17) is 14.7 Å². The van der Waals surface area contributed by atoms with Crippen molar-refractivity contribution >= 4 is 35.3 Å². The van der Waals surface area contributed by atoms with Crippen LogP contribution >= 0.6 is 11.8 Å². The number of aromatic nitrogens is 3. The zero-order chi connectivity index (χ0) is 26.6. The number of anilines is 2. The average Bonchev–Trinajstić information content (AvgIpc) is 2.93. The molecule has 190 valence electrons. The number of nitrogens with zero attached hydrogens (tertiary/aromatic N) is 5. The maximum absolute atomic E-state index is 13.1. The van der Waals surface area contributed by atoms with E-state index < -0.39 is 5.41 Å². The van der Waals surface area contributed by atoms with E-state index in [2.05, 4.69) is 27.8 Å². The molecule has 0 aliphatic carbocycles. The molecule has 0 spiro atoms. The summed E-state index contributed by atoms with van der Waals surface area (Å²) >= 11 is 1.60. The monoisotopic (exact) mass is 514 g/mol.